The Labute approximate surface area is 136 Å². The molecule has 0 fully saturated rings. The number of nitrogens with zero attached hydrogens (tertiary/aromatic N) is 2. The molecule has 0 radical (unpaired) electrons. The summed E-state index contributed by atoms with van der Waals surface area (Å²) in [7, 11) is 0. The molecule has 0 atom stereocenters. The summed E-state index contributed by atoms with van der Waals surface area (Å²) < 4.78 is 5.87. The fourth-order valence-electron chi connectivity index (χ4n) is 2.37. The Morgan fingerprint density at radius 2 is 2.00 bits per heavy atom. The molecular formula is C18H22N2O3. The van der Waals surface area contributed by atoms with E-state index in [0.717, 1.165) is 30.0 Å². The fraction of sp³-hybridized carbons (Fsp3) is 0.333. The number of carboxylic acid groups (broad SMARTS) is 1. The topological polar surface area (TPSA) is 62.7 Å². The molecule has 2 aromatic rings. The van der Waals surface area contributed by atoms with Crippen LogP contribution in [0.4, 0.5) is 0 Å². The van der Waals surface area contributed by atoms with Crippen LogP contribution >= 0.6 is 0 Å². The summed E-state index contributed by atoms with van der Waals surface area (Å²) in [4.78, 5) is 17.1. The van der Waals surface area contributed by atoms with Crippen LogP contribution < -0.4 is 4.74 Å². The molecule has 5 nitrogen and oxygen atoms in total. The average molecular weight is 314 g/mol. The molecule has 0 spiro atoms. The standard InChI is InChI=1S/C18H22N2O3/c1-2-11-20(13-18(21)22)12-15-7-3-4-9-17(15)23-14-16-8-5-6-10-19-16/h3-10H,2,11-14H2,1H3,(H,21,22). The van der Waals surface area contributed by atoms with Gasteiger partial charge in [-0.15, -0.1) is 0 Å². The highest BCUT2D eigenvalue weighted by Crippen LogP contribution is 2.21. The molecule has 0 aliphatic rings. The van der Waals surface area contributed by atoms with E-state index in [1.165, 1.54) is 0 Å². The number of aromatic nitrogens is 1. The third-order valence-electron chi connectivity index (χ3n) is 3.37. The second-order valence-electron chi connectivity index (χ2n) is 5.32. The van der Waals surface area contributed by atoms with Crippen molar-refractivity contribution in [1.29, 1.82) is 0 Å². The van der Waals surface area contributed by atoms with E-state index in [4.69, 9.17) is 9.84 Å². The molecule has 0 bridgehead atoms. The van der Waals surface area contributed by atoms with Gasteiger partial charge < -0.3 is 9.84 Å². The van der Waals surface area contributed by atoms with Crippen LogP contribution in [0, 0.1) is 0 Å². The minimum atomic E-state index is -0.815. The zero-order valence-corrected chi connectivity index (χ0v) is 13.3. The fourth-order valence-corrected chi connectivity index (χ4v) is 2.37. The van der Waals surface area contributed by atoms with Crippen molar-refractivity contribution in [3.63, 3.8) is 0 Å². The van der Waals surface area contributed by atoms with E-state index < -0.39 is 5.97 Å². The molecule has 23 heavy (non-hydrogen) atoms. The van der Waals surface area contributed by atoms with Crippen LogP contribution in [0.25, 0.3) is 0 Å². The van der Waals surface area contributed by atoms with Crippen molar-refractivity contribution in [2.75, 3.05) is 13.1 Å². The molecule has 0 saturated carbocycles. The van der Waals surface area contributed by atoms with Crippen LogP contribution in [0.15, 0.2) is 48.7 Å². The summed E-state index contributed by atoms with van der Waals surface area (Å²) in [6.45, 7) is 3.75. The lowest BCUT2D eigenvalue weighted by atomic mass is 10.2. The molecule has 1 aromatic carbocycles. The van der Waals surface area contributed by atoms with Crippen molar-refractivity contribution in [2.24, 2.45) is 0 Å². The number of hydrogen-bond acceptors (Lipinski definition) is 4. The van der Waals surface area contributed by atoms with Crippen LogP contribution in [-0.4, -0.2) is 34.0 Å². The second kappa shape index (κ2) is 8.90. The minimum absolute atomic E-state index is 0.0302. The Kier molecular flexibility index (Phi) is 6.56. The highest BCUT2D eigenvalue weighted by Gasteiger charge is 2.12. The Bertz CT molecular complexity index is 617. The monoisotopic (exact) mass is 314 g/mol. The lowest BCUT2D eigenvalue weighted by molar-refractivity contribution is -0.138. The highest BCUT2D eigenvalue weighted by atomic mass is 16.5. The summed E-state index contributed by atoms with van der Waals surface area (Å²) in [6.07, 6.45) is 2.64. The highest BCUT2D eigenvalue weighted by molar-refractivity contribution is 5.69. The van der Waals surface area contributed by atoms with Crippen molar-refractivity contribution in [3.05, 3.63) is 59.9 Å². The third kappa shape index (κ3) is 5.71. The maximum Gasteiger partial charge on any atom is 0.317 e. The van der Waals surface area contributed by atoms with Gasteiger partial charge in [0.25, 0.3) is 0 Å². The summed E-state index contributed by atoms with van der Waals surface area (Å²) in [5.41, 5.74) is 1.84. The number of rotatable bonds is 9. The van der Waals surface area contributed by atoms with Gasteiger partial charge in [-0.2, -0.15) is 0 Å². The van der Waals surface area contributed by atoms with E-state index >= 15 is 0 Å². The van der Waals surface area contributed by atoms with E-state index in [1.54, 1.807) is 6.20 Å². The molecule has 0 aliphatic heterocycles. The number of carbonyl (C=O) groups is 1. The van der Waals surface area contributed by atoms with Gasteiger partial charge in [0.15, 0.2) is 0 Å². The zero-order chi connectivity index (χ0) is 16.5. The summed E-state index contributed by atoms with van der Waals surface area (Å²) >= 11 is 0. The second-order valence-corrected chi connectivity index (χ2v) is 5.32. The predicted octanol–water partition coefficient (Wildman–Crippen LogP) is 2.96. The van der Waals surface area contributed by atoms with Crippen LogP contribution in [0.3, 0.4) is 0 Å². The normalized spacial score (nSPS) is 10.7. The molecule has 1 N–H and O–H groups in total. The smallest absolute Gasteiger partial charge is 0.317 e. The number of benzene rings is 1. The number of ether oxygens (including phenoxy) is 1. The van der Waals surface area contributed by atoms with E-state index in [0.29, 0.717) is 13.2 Å². The van der Waals surface area contributed by atoms with Gasteiger partial charge in [0.1, 0.15) is 12.4 Å². The molecule has 5 heteroatoms. The Hall–Kier alpha value is -2.40. The first-order valence-electron chi connectivity index (χ1n) is 7.73. The van der Waals surface area contributed by atoms with Crippen molar-refractivity contribution in [2.45, 2.75) is 26.5 Å². The maximum absolute atomic E-state index is 11.0. The molecule has 0 unspecified atom stereocenters. The van der Waals surface area contributed by atoms with Crippen LogP contribution in [0.2, 0.25) is 0 Å². The molecule has 1 aromatic heterocycles. The van der Waals surface area contributed by atoms with E-state index in [1.807, 2.05) is 54.3 Å². The number of hydrogen-bond donors (Lipinski definition) is 1. The van der Waals surface area contributed by atoms with Crippen LogP contribution in [-0.2, 0) is 17.9 Å². The van der Waals surface area contributed by atoms with Crippen molar-refractivity contribution >= 4 is 5.97 Å². The Morgan fingerprint density at radius 1 is 1.22 bits per heavy atom. The Morgan fingerprint density at radius 3 is 2.70 bits per heavy atom. The molecule has 2 rings (SSSR count). The van der Waals surface area contributed by atoms with Crippen LogP contribution in [0.5, 0.6) is 5.75 Å². The van der Waals surface area contributed by atoms with Gasteiger partial charge in [-0.1, -0.05) is 31.2 Å². The molecule has 122 valence electrons. The first-order valence-corrected chi connectivity index (χ1v) is 7.73. The van der Waals surface area contributed by atoms with Crippen molar-refractivity contribution < 1.29 is 14.6 Å². The summed E-state index contributed by atoms with van der Waals surface area (Å²) in [5.74, 6) is -0.0463. The van der Waals surface area contributed by atoms with Crippen molar-refractivity contribution in [1.82, 2.24) is 9.88 Å². The summed E-state index contributed by atoms with van der Waals surface area (Å²) in [6, 6.07) is 13.4. The van der Waals surface area contributed by atoms with E-state index in [2.05, 4.69) is 4.98 Å². The number of para-hydroxylation sites is 1. The Balaban J connectivity index is 2.05. The first kappa shape index (κ1) is 17.0. The van der Waals surface area contributed by atoms with Gasteiger partial charge in [0, 0.05) is 18.3 Å². The third-order valence-corrected chi connectivity index (χ3v) is 3.37. The number of pyridine rings is 1. The average Bonchev–Trinajstić information content (AvgIpc) is 2.55. The number of carboxylic acids is 1. The van der Waals surface area contributed by atoms with Gasteiger partial charge in [0.05, 0.1) is 12.2 Å². The van der Waals surface area contributed by atoms with E-state index in [9.17, 15) is 4.79 Å². The zero-order valence-electron chi connectivity index (χ0n) is 13.3. The SMILES string of the molecule is CCCN(CC(=O)O)Cc1ccccc1OCc1ccccn1. The lowest BCUT2D eigenvalue weighted by Crippen LogP contribution is -2.30. The summed E-state index contributed by atoms with van der Waals surface area (Å²) in [5, 5.41) is 9.03. The van der Waals surface area contributed by atoms with Gasteiger partial charge in [-0.25, -0.2) is 0 Å². The van der Waals surface area contributed by atoms with Gasteiger partial charge in [0.2, 0.25) is 0 Å². The first-order chi connectivity index (χ1) is 11.2. The van der Waals surface area contributed by atoms with Gasteiger partial charge in [-0.3, -0.25) is 14.7 Å². The van der Waals surface area contributed by atoms with E-state index in [-0.39, 0.29) is 6.54 Å². The predicted molar refractivity (Wildman–Crippen MR) is 88.2 cm³/mol. The van der Waals surface area contributed by atoms with Crippen LogP contribution in [0.1, 0.15) is 24.6 Å². The van der Waals surface area contributed by atoms with Gasteiger partial charge in [-0.05, 0) is 31.2 Å². The quantitative estimate of drug-likeness (QED) is 0.771. The largest absolute Gasteiger partial charge is 0.487 e. The molecule has 0 amide bonds. The minimum Gasteiger partial charge on any atom is -0.487 e. The molecule has 0 saturated heterocycles. The number of aliphatic carboxylic acids is 1. The molecular weight excluding hydrogens is 292 g/mol. The maximum atomic E-state index is 11.0. The van der Waals surface area contributed by atoms with Gasteiger partial charge >= 0.3 is 5.97 Å². The lowest BCUT2D eigenvalue weighted by Gasteiger charge is -2.21. The van der Waals surface area contributed by atoms with Crippen molar-refractivity contribution in [3.8, 4) is 5.75 Å². The molecule has 1 heterocycles. The molecule has 0 aliphatic carbocycles.